The molecule has 0 spiro atoms. The highest BCUT2D eigenvalue weighted by molar-refractivity contribution is 8.16. The largest absolute Gasteiger partial charge is 0.495 e. The number of amidine groups is 1. The zero-order valence-corrected chi connectivity index (χ0v) is 17.4. The number of benzene rings is 1. The van der Waals surface area contributed by atoms with E-state index in [1.807, 2.05) is 0 Å². The molecule has 2 fully saturated rings. The Bertz CT molecular complexity index is 934. The van der Waals surface area contributed by atoms with Crippen LogP contribution in [0.2, 0.25) is 5.02 Å². The number of carbonyl (C=O) groups excluding carboxylic acids is 1. The first-order chi connectivity index (χ1) is 13.2. The first kappa shape index (κ1) is 20.9. The third kappa shape index (κ3) is 4.61. The van der Waals surface area contributed by atoms with Crippen molar-refractivity contribution in [2.24, 2.45) is 4.99 Å². The van der Waals surface area contributed by atoms with Crippen LogP contribution >= 0.6 is 23.4 Å². The molecule has 0 radical (unpaired) electrons. The van der Waals surface area contributed by atoms with Gasteiger partial charge in [-0.3, -0.25) is 9.59 Å². The van der Waals surface area contributed by atoms with Crippen LogP contribution in [0.3, 0.4) is 0 Å². The van der Waals surface area contributed by atoms with Crippen molar-refractivity contribution < 1.29 is 27.9 Å². The number of anilines is 1. The summed E-state index contributed by atoms with van der Waals surface area (Å²) in [5.41, 5.74) is 0.584. The third-order valence-corrected chi connectivity index (χ3v) is 7.91. The SMILES string of the molecule is COc1cc(Cl)ccc1N1C(=NC(=O)CCCC(=O)O)S[C@@H]2CS(=O)(=O)C[C@@H]21. The average molecular weight is 447 g/mol. The highest BCUT2D eigenvalue weighted by atomic mass is 35.5. The van der Waals surface area contributed by atoms with Gasteiger partial charge in [0.2, 0.25) is 5.91 Å². The zero-order valence-electron chi connectivity index (χ0n) is 15.0. The molecule has 0 bridgehead atoms. The van der Waals surface area contributed by atoms with Gasteiger partial charge in [0.15, 0.2) is 15.0 Å². The van der Waals surface area contributed by atoms with Gasteiger partial charge >= 0.3 is 5.97 Å². The molecule has 0 saturated carbocycles. The Balaban J connectivity index is 1.92. The molecule has 0 aromatic heterocycles. The molecule has 2 atom stereocenters. The number of halogens is 1. The fraction of sp³-hybridized carbons (Fsp3) is 0.471. The second kappa shape index (κ2) is 8.30. The van der Waals surface area contributed by atoms with Crippen molar-refractivity contribution in [1.82, 2.24) is 0 Å². The van der Waals surface area contributed by atoms with Crippen LogP contribution in [0.1, 0.15) is 19.3 Å². The number of rotatable bonds is 6. The molecule has 0 unspecified atom stereocenters. The Morgan fingerprint density at radius 3 is 2.79 bits per heavy atom. The lowest BCUT2D eigenvalue weighted by atomic mass is 10.2. The Hall–Kier alpha value is -1.78. The number of amides is 1. The number of fused-ring (bicyclic) bond motifs is 1. The number of thioether (sulfide) groups is 1. The number of hydrogen-bond donors (Lipinski definition) is 1. The van der Waals surface area contributed by atoms with Gasteiger partial charge in [-0.1, -0.05) is 23.4 Å². The molecule has 1 N–H and O–H groups in total. The van der Waals surface area contributed by atoms with Crippen LogP contribution in [0.15, 0.2) is 23.2 Å². The molecule has 28 heavy (non-hydrogen) atoms. The minimum Gasteiger partial charge on any atom is -0.495 e. The van der Waals surface area contributed by atoms with Crippen LogP contribution in [-0.2, 0) is 19.4 Å². The summed E-state index contributed by atoms with van der Waals surface area (Å²) in [5, 5.41) is 9.32. The van der Waals surface area contributed by atoms with Crippen molar-refractivity contribution in [2.45, 2.75) is 30.6 Å². The zero-order chi connectivity index (χ0) is 20.5. The molecular formula is C17H19ClN2O6S2. The standard InChI is InChI=1S/C17H19ClN2O6S2/c1-26-13-7-10(18)5-6-11(13)20-12-8-28(24,25)9-14(12)27-17(20)19-15(21)3-2-4-16(22)23/h5-7,12,14H,2-4,8-9H2,1H3,(H,22,23)/t12-,14+/m0/s1. The van der Waals surface area contributed by atoms with E-state index in [0.29, 0.717) is 21.6 Å². The van der Waals surface area contributed by atoms with E-state index in [4.69, 9.17) is 21.4 Å². The van der Waals surface area contributed by atoms with Crippen LogP contribution in [-0.4, -0.2) is 60.5 Å². The summed E-state index contributed by atoms with van der Waals surface area (Å²) < 4.78 is 29.6. The van der Waals surface area contributed by atoms with Gasteiger partial charge in [-0.25, -0.2) is 8.42 Å². The Labute approximate surface area is 171 Å². The number of ether oxygens (including phenoxy) is 1. The van der Waals surface area contributed by atoms with E-state index < -0.39 is 21.7 Å². The number of carboxylic acid groups (broad SMARTS) is 1. The van der Waals surface area contributed by atoms with E-state index in [-0.39, 0.29) is 42.1 Å². The van der Waals surface area contributed by atoms with E-state index in [9.17, 15) is 18.0 Å². The number of carboxylic acids is 1. The van der Waals surface area contributed by atoms with Gasteiger partial charge in [0.05, 0.1) is 30.3 Å². The summed E-state index contributed by atoms with van der Waals surface area (Å²) in [4.78, 5) is 28.7. The maximum atomic E-state index is 12.2. The molecule has 152 valence electrons. The minimum atomic E-state index is -3.18. The fourth-order valence-electron chi connectivity index (χ4n) is 3.25. The van der Waals surface area contributed by atoms with Crippen LogP contribution in [0.5, 0.6) is 5.75 Å². The number of nitrogens with zero attached hydrogens (tertiary/aromatic N) is 2. The van der Waals surface area contributed by atoms with Crippen LogP contribution < -0.4 is 9.64 Å². The number of sulfone groups is 1. The maximum absolute atomic E-state index is 12.2. The number of carbonyl (C=O) groups is 2. The third-order valence-electron chi connectivity index (χ3n) is 4.47. The van der Waals surface area contributed by atoms with Crippen molar-refractivity contribution in [3.8, 4) is 5.75 Å². The Morgan fingerprint density at radius 1 is 1.36 bits per heavy atom. The summed E-state index contributed by atoms with van der Waals surface area (Å²) in [6.45, 7) is 0. The molecule has 3 rings (SSSR count). The Kier molecular flexibility index (Phi) is 6.21. The number of aliphatic imine (C=N–C) groups is 1. The molecule has 8 nitrogen and oxygen atoms in total. The maximum Gasteiger partial charge on any atom is 0.303 e. The summed E-state index contributed by atoms with van der Waals surface area (Å²) in [6, 6.07) is 4.62. The Morgan fingerprint density at radius 2 is 2.11 bits per heavy atom. The van der Waals surface area contributed by atoms with Gasteiger partial charge in [-0.15, -0.1) is 0 Å². The quantitative estimate of drug-likeness (QED) is 0.707. The van der Waals surface area contributed by atoms with Crippen molar-refractivity contribution in [2.75, 3.05) is 23.5 Å². The highest BCUT2D eigenvalue weighted by Gasteiger charge is 2.50. The predicted octanol–water partition coefficient (Wildman–Crippen LogP) is 2.20. The topological polar surface area (TPSA) is 113 Å². The molecule has 1 amide bonds. The first-order valence-corrected chi connectivity index (χ1v) is 11.6. The van der Waals surface area contributed by atoms with E-state index in [1.165, 1.54) is 18.9 Å². The van der Waals surface area contributed by atoms with Crippen molar-refractivity contribution in [1.29, 1.82) is 0 Å². The fourth-order valence-corrected chi connectivity index (χ4v) is 7.34. The molecule has 2 aliphatic heterocycles. The van der Waals surface area contributed by atoms with Crippen molar-refractivity contribution >= 4 is 55.9 Å². The number of methoxy groups -OCH3 is 1. The van der Waals surface area contributed by atoms with Crippen LogP contribution in [0, 0.1) is 0 Å². The minimum absolute atomic E-state index is 0.00951. The van der Waals surface area contributed by atoms with Gasteiger partial charge < -0.3 is 14.7 Å². The summed E-state index contributed by atoms with van der Waals surface area (Å²) >= 11 is 7.28. The lowest BCUT2D eigenvalue weighted by Gasteiger charge is -2.26. The smallest absolute Gasteiger partial charge is 0.303 e. The normalized spacial score (nSPS) is 24.4. The second-order valence-corrected chi connectivity index (χ2v) is 10.3. The molecular weight excluding hydrogens is 428 g/mol. The van der Waals surface area contributed by atoms with E-state index >= 15 is 0 Å². The van der Waals surface area contributed by atoms with Gasteiger partial charge in [0.1, 0.15) is 5.75 Å². The second-order valence-electron chi connectivity index (χ2n) is 6.52. The molecule has 1 aromatic carbocycles. The van der Waals surface area contributed by atoms with E-state index in [1.54, 1.807) is 23.1 Å². The lowest BCUT2D eigenvalue weighted by molar-refractivity contribution is -0.137. The monoisotopic (exact) mass is 446 g/mol. The molecule has 11 heteroatoms. The summed E-state index contributed by atoms with van der Waals surface area (Å²) in [7, 11) is -1.70. The molecule has 2 heterocycles. The van der Waals surface area contributed by atoms with E-state index in [2.05, 4.69) is 4.99 Å². The lowest BCUT2D eigenvalue weighted by Crippen LogP contribution is -2.38. The van der Waals surface area contributed by atoms with Gasteiger partial charge in [0.25, 0.3) is 0 Å². The summed E-state index contributed by atoms with van der Waals surface area (Å²) in [5.74, 6) is -0.986. The predicted molar refractivity (Wildman–Crippen MR) is 108 cm³/mol. The van der Waals surface area contributed by atoms with Crippen molar-refractivity contribution in [3.63, 3.8) is 0 Å². The van der Waals surface area contributed by atoms with E-state index in [0.717, 1.165) is 0 Å². The molecule has 0 aliphatic carbocycles. The number of aliphatic carboxylic acids is 1. The van der Waals surface area contributed by atoms with Gasteiger partial charge in [-0.2, -0.15) is 4.99 Å². The summed E-state index contributed by atoms with van der Waals surface area (Å²) in [6.07, 6.45) is 0.0959. The first-order valence-electron chi connectivity index (χ1n) is 8.53. The highest BCUT2D eigenvalue weighted by Crippen LogP contribution is 2.44. The van der Waals surface area contributed by atoms with Crippen LogP contribution in [0.25, 0.3) is 0 Å². The van der Waals surface area contributed by atoms with Crippen LogP contribution in [0.4, 0.5) is 5.69 Å². The number of hydrogen-bond acceptors (Lipinski definition) is 6. The molecule has 2 aliphatic rings. The van der Waals surface area contributed by atoms with Gasteiger partial charge in [-0.05, 0) is 18.6 Å². The molecule has 2 saturated heterocycles. The molecule has 1 aromatic rings. The average Bonchev–Trinajstić information content (AvgIpc) is 3.05. The van der Waals surface area contributed by atoms with Gasteiger partial charge in [0, 0.05) is 29.2 Å². The van der Waals surface area contributed by atoms with Crippen molar-refractivity contribution in [3.05, 3.63) is 23.2 Å².